The second kappa shape index (κ2) is 9.98. The molecule has 1 unspecified atom stereocenters. The predicted molar refractivity (Wildman–Crippen MR) is 125 cm³/mol. The first-order chi connectivity index (χ1) is 15.9. The number of halogens is 1. The van der Waals surface area contributed by atoms with E-state index in [0.717, 1.165) is 18.4 Å². The van der Waals surface area contributed by atoms with Gasteiger partial charge < -0.3 is 4.74 Å². The Morgan fingerprint density at radius 2 is 1.82 bits per heavy atom. The van der Waals surface area contributed by atoms with E-state index in [1.807, 2.05) is 6.92 Å². The number of thiazole rings is 1. The molecule has 0 aliphatic carbocycles. The summed E-state index contributed by atoms with van der Waals surface area (Å²) < 4.78 is 45.6. The van der Waals surface area contributed by atoms with Gasteiger partial charge in [0.05, 0.1) is 10.6 Å². The van der Waals surface area contributed by atoms with Crippen LogP contribution in [0.5, 0.6) is 5.75 Å². The quantitative estimate of drug-likeness (QED) is 0.502. The number of anilines is 1. The molecule has 2 heterocycles. The van der Waals surface area contributed by atoms with E-state index in [9.17, 15) is 17.6 Å². The molecule has 1 N–H and O–H groups in total. The van der Waals surface area contributed by atoms with Crippen molar-refractivity contribution in [3.05, 3.63) is 59.7 Å². The molecule has 33 heavy (non-hydrogen) atoms. The highest BCUT2D eigenvalue weighted by Gasteiger charge is 2.27. The number of hydrogen-bond acceptors (Lipinski definition) is 6. The van der Waals surface area contributed by atoms with Gasteiger partial charge >= 0.3 is 0 Å². The molecular weight excluding hydrogens is 465 g/mol. The van der Waals surface area contributed by atoms with Crippen molar-refractivity contribution in [3.8, 4) is 17.0 Å². The van der Waals surface area contributed by atoms with Crippen molar-refractivity contribution in [1.29, 1.82) is 0 Å². The highest BCUT2D eigenvalue weighted by molar-refractivity contribution is 7.89. The molecule has 1 fully saturated rings. The van der Waals surface area contributed by atoms with Crippen molar-refractivity contribution in [2.45, 2.75) is 37.2 Å². The predicted octanol–water partition coefficient (Wildman–Crippen LogP) is 4.53. The van der Waals surface area contributed by atoms with Gasteiger partial charge in [0.2, 0.25) is 10.0 Å². The van der Waals surface area contributed by atoms with Crippen LogP contribution in [-0.4, -0.2) is 42.8 Å². The van der Waals surface area contributed by atoms with Gasteiger partial charge in [-0.25, -0.2) is 17.8 Å². The molecule has 7 nitrogen and oxygen atoms in total. The SMILES string of the molecule is CCC(Oc1ccc(F)cc1)C(=O)Nc1nc(-c2ccc(S(=O)(=O)N3CCCC3)cc2)cs1. The summed E-state index contributed by atoms with van der Waals surface area (Å²) in [6.07, 6.45) is 1.45. The van der Waals surface area contributed by atoms with Crippen molar-refractivity contribution in [3.63, 3.8) is 0 Å². The third-order valence-corrected chi connectivity index (χ3v) is 8.01. The first-order valence-corrected chi connectivity index (χ1v) is 13.0. The number of nitrogens with zero attached hydrogens (tertiary/aromatic N) is 2. The Labute approximate surface area is 196 Å². The number of sulfonamides is 1. The van der Waals surface area contributed by atoms with Gasteiger partial charge in [-0.3, -0.25) is 10.1 Å². The third kappa shape index (κ3) is 5.40. The van der Waals surface area contributed by atoms with Crippen molar-refractivity contribution < 1.29 is 22.3 Å². The number of benzene rings is 2. The summed E-state index contributed by atoms with van der Waals surface area (Å²) in [6.45, 7) is 2.94. The molecule has 2 aromatic carbocycles. The molecule has 0 saturated carbocycles. The summed E-state index contributed by atoms with van der Waals surface area (Å²) in [7, 11) is -3.47. The number of carbonyl (C=O) groups excluding carboxylic acids is 1. The topological polar surface area (TPSA) is 88.6 Å². The highest BCUT2D eigenvalue weighted by atomic mass is 32.2. The zero-order valence-corrected chi connectivity index (χ0v) is 19.7. The van der Waals surface area contributed by atoms with Crippen LogP contribution in [0.1, 0.15) is 26.2 Å². The van der Waals surface area contributed by atoms with E-state index >= 15 is 0 Å². The lowest BCUT2D eigenvalue weighted by molar-refractivity contribution is -0.122. The number of rotatable bonds is 8. The molecule has 1 atom stereocenters. The minimum atomic E-state index is -3.47. The molecule has 1 saturated heterocycles. The first-order valence-electron chi connectivity index (χ1n) is 10.7. The smallest absolute Gasteiger partial charge is 0.267 e. The van der Waals surface area contributed by atoms with Crippen molar-refractivity contribution in [1.82, 2.24) is 9.29 Å². The lowest BCUT2D eigenvalue weighted by Crippen LogP contribution is -2.32. The van der Waals surface area contributed by atoms with Crippen LogP contribution >= 0.6 is 11.3 Å². The average Bonchev–Trinajstić information content (AvgIpc) is 3.52. The first kappa shape index (κ1) is 23.3. The molecule has 1 aromatic heterocycles. The minimum absolute atomic E-state index is 0.264. The number of nitrogens with one attached hydrogen (secondary N) is 1. The van der Waals surface area contributed by atoms with Crippen molar-refractivity contribution in [2.75, 3.05) is 18.4 Å². The van der Waals surface area contributed by atoms with E-state index < -0.39 is 16.1 Å². The summed E-state index contributed by atoms with van der Waals surface area (Å²) in [5.74, 6) is -0.325. The summed E-state index contributed by atoms with van der Waals surface area (Å²) in [4.78, 5) is 17.3. The van der Waals surface area contributed by atoms with Gasteiger partial charge in [-0.2, -0.15) is 4.31 Å². The number of hydrogen-bond donors (Lipinski definition) is 1. The maximum absolute atomic E-state index is 13.1. The highest BCUT2D eigenvalue weighted by Crippen LogP contribution is 2.28. The number of amides is 1. The molecule has 3 aromatic rings. The Morgan fingerprint density at radius 3 is 2.45 bits per heavy atom. The maximum atomic E-state index is 13.1. The average molecular weight is 490 g/mol. The fraction of sp³-hybridized carbons (Fsp3) is 0.304. The van der Waals surface area contributed by atoms with E-state index in [1.165, 1.54) is 39.9 Å². The van der Waals surface area contributed by atoms with Crippen LogP contribution in [-0.2, 0) is 14.8 Å². The fourth-order valence-electron chi connectivity index (χ4n) is 3.52. The summed E-state index contributed by atoms with van der Waals surface area (Å²) in [5, 5.41) is 4.95. The zero-order chi connectivity index (χ0) is 23.4. The normalized spacial score (nSPS) is 15.3. The summed E-state index contributed by atoms with van der Waals surface area (Å²) in [5.41, 5.74) is 1.38. The van der Waals surface area contributed by atoms with Crippen LogP contribution in [0.15, 0.2) is 58.8 Å². The Morgan fingerprint density at radius 1 is 1.15 bits per heavy atom. The van der Waals surface area contributed by atoms with Gasteiger partial charge in [0.1, 0.15) is 11.6 Å². The van der Waals surface area contributed by atoms with Gasteiger partial charge in [-0.05, 0) is 55.7 Å². The van der Waals surface area contributed by atoms with E-state index in [4.69, 9.17) is 4.74 Å². The Bertz CT molecular complexity index is 1210. The van der Waals surface area contributed by atoms with Crippen LogP contribution in [0.2, 0.25) is 0 Å². The third-order valence-electron chi connectivity index (χ3n) is 5.34. The van der Waals surface area contributed by atoms with Crippen LogP contribution in [0, 0.1) is 5.82 Å². The molecule has 10 heteroatoms. The van der Waals surface area contributed by atoms with Gasteiger partial charge in [0.15, 0.2) is 11.2 Å². The fourth-order valence-corrected chi connectivity index (χ4v) is 5.76. The monoisotopic (exact) mass is 489 g/mol. The van der Waals surface area contributed by atoms with Crippen molar-refractivity contribution in [2.24, 2.45) is 0 Å². The summed E-state index contributed by atoms with van der Waals surface area (Å²) in [6, 6.07) is 12.1. The Balaban J connectivity index is 1.41. The largest absolute Gasteiger partial charge is 0.481 e. The van der Waals surface area contributed by atoms with Gasteiger partial charge in [-0.1, -0.05) is 19.1 Å². The molecule has 4 rings (SSSR count). The second-order valence-electron chi connectivity index (χ2n) is 7.63. The van der Waals surface area contributed by atoms with E-state index in [-0.39, 0.29) is 16.6 Å². The molecule has 1 aliphatic rings. The molecule has 1 amide bonds. The van der Waals surface area contributed by atoms with Crippen LogP contribution in [0.25, 0.3) is 11.3 Å². The van der Waals surface area contributed by atoms with Gasteiger partial charge in [0.25, 0.3) is 5.91 Å². The lowest BCUT2D eigenvalue weighted by Gasteiger charge is -2.16. The van der Waals surface area contributed by atoms with E-state index in [0.29, 0.717) is 36.1 Å². The van der Waals surface area contributed by atoms with Crippen LogP contribution in [0.4, 0.5) is 9.52 Å². The zero-order valence-electron chi connectivity index (χ0n) is 18.0. The van der Waals surface area contributed by atoms with E-state index in [1.54, 1.807) is 29.6 Å². The van der Waals surface area contributed by atoms with Gasteiger partial charge in [-0.15, -0.1) is 11.3 Å². The number of aromatic nitrogens is 1. The molecular formula is C23H24FN3O4S2. The molecule has 0 spiro atoms. The van der Waals surface area contributed by atoms with E-state index in [2.05, 4.69) is 10.3 Å². The lowest BCUT2D eigenvalue weighted by atomic mass is 10.2. The molecule has 0 radical (unpaired) electrons. The van der Waals surface area contributed by atoms with Gasteiger partial charge in [0, 0.05) is 24.0 Å². The second-order valence-corrected chi connectivity index (χ2v) is 10.4. The maximum Gasteiger partial charge on any atom is 0.267 e. The minimum Gasteiger partial charge on any atom is -0.481 e. The van der Waals surface area contributed by atoms with Crippen molar-refractivity contribution >= 4 is 32.4 Å². The summed E-state index contributed by atoms with van der Waals surface area (Å²) >= 11 is 1.26. The van der Waals surface area contributed by atoms with Crippen LogP contribution < -0.4 is 10.1 Å². The molecule has 1 aliphatic heterocycles. The Hall–Kier alpha value is -2.82. The molecule has 174 valence electrons. The Kier molecular flexibility index (Phi) is 7.06. The van der Waals surface area contributed by atoms with Crippen LogP contribution in [0.3, 0.4) is 0 Å². The number of ether oxygens (including phenoxy) is 1. The standard InChI is InChI=1S/C23H24FN3O4S2/c1-2-21(31-18-9-7-17(24)8-10-18)22(28)26-23-25-20(15-32-23)16-5-11-19(12-6-16)33(29,30)27-13-3-4-14-27/h5-12,15,21H,2-4,13-14H2,1H3,(H,25,26,28). The molecule has 0 bridgehead atoms. The number of carbonyl (C=O) groups is 1.